The molecule has 1 saturated carbocycles. The Morgan fingerprint density at radius 1 is 1.13 bits per heavy atom. The number of carbonyl (C=O) groups excluding carboxylic acids is 1. The lowest BCUT2D eigenvalue weighted by Gasteiger charge is -2.44. The Kier molecular flexibility index (Phi) is 10.1. The molecule has 12 heteroatoms. The van der Waals surface area contributed by atoms with Gasteiger partial charge in [0.25, 0.3) is 0 Å². The maximum Gasteiger partial charge on any atom is 0.334 e. The van der Waals surface area contributed by atoms with E-state index in [2.05, 4.69) is 0 Å². The molecule has 0 aromatic heterocycles. The second-order valence-corrected chi connectivity index (χ2v) is 10.3. The van der Waals surface area contributed by atoms with E-state index in [9.17, 15) is 35.1 Å². The molecule has 214 valence electrons. The normalized spacial score (nSPS) is 37.7. The van der Waals surface area contributed by atoms with Gasteiger partial charge in [0.1, 0.15) is 31.0 Å². The molecule has 0 spiro atoms. The molecule has 2 heterocycles. The topological polar surface area (TPSA) is 192 Å². The third-order valence-corrected chi connectivity index (χ3v) is 7.45. The van der Waals surface area contributed by atoms with E-state index in [1.54, 1.807) is 26.0 Å². The summed E-state index contributed by atoms with van der Waals surface area (Å²) in [5.41, 5.74) is -0.0235. The van der Waals surface area contributed by atoms with Crippen molar-refractivity contribution >= 4 is 11.9 Å². The summed E-state index contributed by atoms with van der Waals surface area (Å²) in [6.07, 6.45) is -2.69. The molecule has 12 nitrogen and oxygen atoms in total. The number of ether oxygens (including phenoxy) is 4. The maximum atomic E-state index is 12.4. The summed E-state index contributed by atoms with van der Waals surface area (Å²) in [4.78, 5) is 24.0. The number of rotatable bonds is 10. The van der Waals surface area contributed by atoms with Crippen molar-refractivity contribution in [2.24, 2.45) is 11.8 Å². The van der Waals surface area contributed by atoms with Crippen LogP contribution in [0.1, 0.15) is 46.5 Å². The lowest BCUT2D eigenvalue weighted by Crippen LogP contribution is -2.61. The maximum absolute atomic E-state index is 12.4. The molecule has 0 aromatic carbocycles. The van der Waals surface area contributed by atoms with Crippen LogP contribution in [0.25, 0.3) is 0 Å². The Morgan fingerprint density at radius 3 is 2.50 bits per heavy atom. The molecule has 0 bridgehead atoms. The number of allylic oxidation sites excluding steroid dienone is 2. The summed E-state index contributed by atoms with van der Waals surface area (Å²) < 4.78 is 22.1. The quantitative estimate of drug-likeness (QED) is 0.124. The van der Waals surface area contributed by atoms with Crippen molar-refractivity contribution < 1.29 is 59.2 Å². The number of aliphatic hydroxyl groups excluding tert-OH is 4. The van der Waals surface area contributed by atoms with Crippen molar-refractivity contribution in [1.82, 2.24) is 0 Å². The Morgan fingerprint density at radius 2 is 1.84 bits per heavy atom. The van der Waals surface area contributed by atoms with Crippen LogP contribution in [-0.2, 0) is 28.5 Å². The molecule has 0 unspecified atom stereocenters. The van der Waals surface area contributed by atoms with Gasteiger partial charge in [0.15, 0.2) is 6.29 Å². The molecule has 0 aromatic rings. The monoisotopic (exact) mass is 542 g/mol. The number of aliphatic hydroxyl groups is 5. The summed E-state index contributed by atoms with van der Waals surface area (Å²) in [7, 11) is 0. The molecular formula is C26H38O12. The van der Waals surface area contributed by atoms with Crippen LogP contribution in [0.2, 0.25) is 0 Å². The minimum Gasteiger partial charge on any atom is -0.478 e. The fourth-order valence-corrected chi connectivity index (χ4v) is 5.13. The molecule has 3 aliphatic rings. The van der Waals surface area contributed by atoms with Gasteiger partial charge in [0, 0.05) is 11.5 Å². The van der Waals surface area contributed by atoms with Crippen molar-refractivity contribution in [1.29, 1.82) is 0 Å². The minimum atomic E-state index is -1.70. The number of carboxylic acid groups (broad SMARTS) is 1. The van der Waals surface area contributed by atoms with E-state index in [0.29, 0.717) is 31.3 Å². The average molecular weight is 543 g/mol. The summed E-state index contributed by atoms with van der Waals surface area (Å²) in [5.74, 6) is -3.19. The lowest BCUT2D eigenvalue weighted by molar-refractivity contribution is -0.346. The van der Waals surface area contributed by atoms with Crippen molar-refractivity contribution in [2.75, 3.05) is 13.2 Å². The molecule has 0 amide bonds. The number of hydrogen-bond acceptors (Lipinski definition) is 11. The molecule has 1 aliphatic carbocycles. The zero-order chi connectivity index (χ0) is 28.2. The van der Waals surface area contributed by atoms with Crippen LogP contribution in [0.4, 0.5) is 0 Å². The van der Waals surface area contributed by atoms with Gasteiger partial charge in [-0.3, -0.25) is 0 Å². The van der Waals surface area contributed by atoms with Crippen molar-refractivity contribution in [3.63, 3.8) is 0 Å². The SMILES string of the molecule is C/C(=C/CC/C(C)=C/CO)C(=O)OC[C@H]1O[C@@H](O[C@@H]2OC=C(C(=O)O)[C@H]3CC[C@](C)(O)[C@@H]23)[C@H](O)[C@@H](O)[C@@H]1O. The number of carbonyl (C=O) groups is 2. The minimum absolute atomic E-state index is 0.000913. The molecule has 0 radical (unpaired) electrons. The first-order valence-electron chi connectivity index (χ1n) is 12.6. The van der Waals surface area contributed by atoms with Gasteiger partial charge >= 0.3 is 11.9 Å². The molecular weight excluding hydrogens is 504 g/mol. The number of fused-ring (bicyclic) bond motifs is 1. The van der Waals surface area contributed by atoms with Crippen LogP contribution in [0.15, 0.2) is 35.1 Å². The summed E-state index contributed by atoms with van der Waals surface area (Å²) in [6, 6.07) is 0. The second-order valence-electron chi connectivity index (χ2n) is 10.3. The van der Waals surface area contributed by atoms with E-state index < -0.39 is 73.0 Å². The highest BCUT2D eigenvalue weighted by Gasteiger charge is 2.56. The summed E-state index contributed by atoms with van der Waals surface area (Å²) in [6.45, 7) is 4.47. The van der Waals surface area contributed by atoms with Gasteiger partial charge in [-0.2, -0.15) is 0 Å². The Hall–Kier alpha value is -2.32. The van der Waals surface area contributed by atoms with E-state index in [1.165, 1.54) is 0 Å². The largest absolute Gasteiger partial charge is 0.478 e. The van der Waals surface area contributed by atoms with E-state index in [4.69, 9.17) is 24.1 Å². The molecule has 9 atom stereocenters. The van der Waals surface area contributed by atoms with E-state index >= 15 is 0 Å². The number of hydrogen-bond donors (Lipinski definition) is 6. The van der Waals surface area contributed by atoms with Gasteiger partial charge < -0.3 is 49.6 Å². The highest BCUT2D eigenvalue weighted by molar-refractivity contribution is 5.88. The van der Waals surface area contributed by atoms with Crippen molar-refractivity contribution in [3.05, 3.63) is 35.1 Å². The van der Waals surface area contributed by atoms with Gasteiger partial charge in [-0.1, -0.05) is 17.7 Å². The number of carboxylic acids is 1. The molecule has 2 aliphatic heterocycles. The van der Waals surface area contributed by atoms with Crippen LogP contribution in [0.3, 0.4) is 0 Å². The second kappa shape index (κ2) is 12.7. The Labute approximate surface area is 220 Å². The van der Waals surface area contributed by atoms with Gasteiger partial charge in [-0.15, -0.1) is 0 Å². The molecule has 38 heavy (non-hydrogen) atoms. The van der Waals surface area contributed by atoms with Crippen molar-refractivity contribution in [2.45, 2.75) is 89.1 Å². The lowest BCUT2D eigenvalue weighted by atomic mass is 9.81. The van der Waals surface area contributed by atoms with E-state index in [-0.39, 0.29) is 12.2 Å². The molecule has 3 rings (SSSR count). The summed E-state index contributed by atoms with van der Waals surface area (Å²) >= 11 is 0. The average Bonchev–Trinajstić information content (AvgIpc) is 3.18. The van der Waals surface area contributed by atoms with Crippen LogP contribution in [-0.4, -0.2) is 98.4 Å². The van der Waals surface area contributed by atoms with Crippen LogP contribution in [0, 0.1) is 11.8 Å². The number of esters is 1. The van der Waals surface area contributed by atoms with E-state index in [0.717, 1.165) is 11.8 Å². The van der Waals surface area contributed by atoms with Gasteiger partial charge in [0.2, 0.25) is 6.29 Å². The Balaban J connectivity index is 1.64. The van der Waals surface area contributed by atoms with Crippen LogP contribution < -0.4 is 0 Å². The predicted molar refractivity (Wildman–Crippen MR) is 130 cm³/mol. The third-order valence-electron chi connectivity index (χ3n) is 7.45. The molecule has 2 fully saturated rings. The van der Waals surface area contributed by atoms with Gasteiger partial charge in [0.05, 0.1) is 30.0 Å². The highest BCUT2D eigenvalue weighted by Crippen LogP contribution is 2.49. The Bertz CT molecular complexity index is 954. The molecule has 1 saturated heterocycles. The first-order chi connectivity index (χ1) is 17.9. The fraction of sp³-hybridized carbons (Fsp3) is 0.692. The zero-order valence-electron chi connectivity index (χ0n) is 21.7. The summed E-state index contributed by atoms with van der Waals surface area (Å²) in [5, 5.41) is 60.5. The zero-order valence-corrected chi connectivity index (χ0v) is 21.7. The molecule has 6 N–H and O–H groups in total. The first kappa shape index (κ1) is 30.2. The van der Waals surface area contributed by atoms with Crippen molar-refractivity contribution in [3.8, 4) is 0 Å². The third kappa shape index (κ3) is 6.81. The van der Waals surface area contributed by atoms with Gasteiger partial charge in [-0.25, -0.2) is 9.59 Å². The van der Waals surface area contributed by atoms with Gasteiger partial charge in [-0.05, 0) is 46.5 Å². The van der Waals surface area contributed by atoms with Crippen LogP contribution >= 0.6 is 0 Å². The first-order valence-corrected chi connectivity index (χ1v) is 12.6. The standard InChI is InChI=1S/C26H38O12/c1-13(8-10-27)5-4-6-14(2)23(33)35-12-17-19(28)20(29)21(30)25(37-17)38-24-18-15(7-9-26(18,3)34)16(11-36-24)22(31)32/h6,8,11,15,17-21,24-25,27-30,34H,4-5,7,9-10,12H2,1-3H3,(H,31,32)/b13-8+,14-6-/t15-,17-,18-,19-,20+,21-,24+,25+,26+/m1/s1. The number of aliphatic carboxylic acids is 1. The predicted octanol–water partition coefficient (Wildman–Crippen LogP) is 0.121. The highest BCUT2D eigenvalue weighted by atomic mass is 16.8. The van der Waals surface area contributed by atoms with E-state index in [1.807, 2.05) is 6.92 Å². The van der Waals surface area contributed by atoms with Crippen LogP contribution in [0.5, 0.6) is 0 Å². The smallest absolute Gasteiger partial charge is 0.334 e. The fourth-order valence-electron chi connectivity index (χ4n) is 5.13.